The number of pyridine rings is 1. The van der Waals surface area contributed by atoms with Gasteiger partial charge < -0.3 is 5.32 Å². The number of hydrogen-bond acceptors (Lipinski definition) is 5. The number of hydrogen-bond donors (Lipinski definition) is 1. The number of nitrogens with zero attached hydrogens (tertiary/aromatic N) is 4. The fourth-order valence-corrected chi connectivity index (χ4v) is 4.42. The summed E-state index contributed by atoms with van der Waals surface area (Å²) in [6.07, 6.45) is 4.48. The van der Waals surface area contributed by atoms with Crippen LogP contribution in [-0.4, -0.2) is 38.0 Å². The standard InChI is InChI=1S/C26H27N5OS/c1-2-21(22-12-7-4-8-13-22)17-28-24(32)19-33-26-30-29-25(23-14-9-15-27-16-23)31(26)18-20-10-5-3-6-11-20/h3-16,21H,2,17-19H2,1H3,(H,28,32). The second kappa shape index (κ2) is 11.4. The van der Waals surface area contributed by atoms with Crippen LogP contribution in [0.4, 0.5) is 0 Å². The van der Waals surface area contributed by atoms with Gasteiger partial charge in [0.1, 0.15) is 0 Å². The molecule has 0 aliphatic carbocycles. The summed E-state index contributed by atoms with van der Waals surface area (Å²) >= 11 is 1.40. The molecule has 168 valence electrons. The van der Waals surface area contributed by atoms with Crippen molar-refractivity contribution in [3.05, 3.63) is 96.3 Å². The van der Waals surface area contributed by atoms with E-state index in [2.05, 4.69) is 51.7 Å². The van der Waals surface area contributed by atoms with E-state index < -0.39 is 0 Å². The molecule has 0 saturated heterocycles. The third-order valence-electron chi connectivity index (χ3n) is 5.46. The van der Waals surface area contributed by atoms with Crippen LogP contribution < -0.4 is 5.32 Å². The molecule has 2 aromatic heterocycles. The first-order valence-corrected chi connectivity index (χ1v) is 12.0. The van der Waals surface area contributed by atoms with Gasteiger partial charge in [0.2, 0.25) is 5.91 Å². The van der Waals surface area contributed by atoms with Crippen LogP contribution in [0.15, 0.2) is 90.3 Å². The molecule has 0 spiro atoms. The minimum Gasteiger partial charge on any atom is -0.355 e. The lowest BCUT2D eigenvalue weighted by Gasteiger charge is -2.16. The van der Waals surface area contributed by atoms with Crippen LogP contribution in [0, 0.1) is 0 Å². The maximum atomic E-state index is 12.6. The zero-order chi connectivity index (χ0) is 22.9. The van der Waals surface area contributed by atoms with Crippen molar-refractivity contribution in [2.24, 2.45) is 0 Å². The summed E-state index contributed by atoms with van der Waals surface area (Å²) in [7, 11) is 0. The average Bonchev–Trinajstić information content (AvgIpc) is 3.27. The Bertz CT molecular complexity index is 1150. The first-order chi connectivity index (χ1) is 16.2. The maximum Gasteiger partial charge on any atom is 0.230 e. The summed E-state index contributed by atoms with van der Waals surface area (Å²) in [5.74, 6) is 1.32. The number of amides is 1. The second-order valence-electron chi connectivity index (χ2n) is 7.73. The molecular formula is C26H27N5OS. The molecule has 0 bridgehead atoms. The van der Waals surface area contributed by atoms with Crippen molar-refractivity contribution in [1.29, 1.82) is 0 Å². The summed E-state index contributed by atoms with van der Waals surface area (Å²) in [4.78, 5) is 16.8. The summed E-state index contributed by atoms with van der Waals surface area (Å²) in [6, 6.07) is 24.3. The van der Waals surface area contributed by atoms with Crippen LogP contribution in [0.1, 0.15) is 30.4 Å². The van der Waals surface area contributed by atoms with Crippen molar-refractivity contribution in [1.82, 2.24) is 25.1 Å². The Morgan fingerprint density at radius 3 is 2.45 bits per heavy atom. The summed E-state index contributed by atoms with van der Waals surface area (Å²) in [5.41, 5.74) is 3.28. The lowest BCUT2D eigenvalue weighted by molar-refractivity contribution is -0.118. The zero-order valence-corrected chi connectivity index (χ0v) is 19.4. The highest BCUT2D eigenvalue weighted by Crippen LogP contribution is 2.25. The van der Waals surface area contributed by atoms with E-state index in [1.165, 1.54) is 17.3 Å². The Kier molecular flexibility index (Phi) is 7.87. The number of carbonyl (C=O) groups excluding carboxylic acids is 1. The van der Waals surface area contributed by atoms with E-state index >= 15 is 0 Å². The third-order valence-corrected chi connectivity index (χ3v) is 6.43. The molecule has 4 rings (SSSR count). The normalized spacial score (nSPS) is 11.8. The number of aromatic nitrogens is 4. The third kappa shape index (κ3) is 6.08. The van der Waals surface area contributed by atoms with Crippen LogP contribution >= 0.6 is 11.8 Å². The number of rotatable bonds is 10. The fourth-order valence-electron chi connectivity index (χ4n) is 3.65. The SMILES string of the molecule is CCC(CNC(=O)CSc1nnc(-c2cccnc2)n1Cc1ccccc1)c1ccccc1. The maximum absolute atomic E-state index is 12.6. The van der Waals surface area contributed by atoms with Crippen molar-refractivity contribution < 1.29 is 4.79 Å². The molecule has 0 aliphatic rings. The highest BCUT2D eigenvalue weighted by atomic mass is 32.2. The molecule has 0 fully saturated rings. The second-order valence-corrected chi connectivity index (χ2v) is 8.67. The van der Waals surface area contributed by atoms with E-state index in [0.29, 0.717) is 24.2 Å². The van der Waals surface area contributed by atoms with Gasteiger partial charge in [-0.05, 0) is 29.7 Å². The predicted molar refractivity (Wildman–Crippen MR) is 132 cm³/mol. The van der Waals surface area contributed by atoms with Crippen molar-refractivity contribution in [2.45, 2.75) is 31.0 Å². The van der Waals surface area contributed by atoms with Crippen molar-refractivity contribution in [3.8, 4) is 11.4 Å². The van der Waals surface area contributed by atoms with Gasteiger partial charge in [-0.25, -0.2) is 0 Å². The minimum absolute atomic E-state index is 0.00781. The molecule has 0 radical (unpaired) electrons. The molecular weight excluding hydrogens is 430 g/mol. The van der Waals surface area contributed by atoms with E-state index in [1.807, 2.05) is 53.1 Å². The highest BCUT2D eigenvalue weighted by Gasteiger charge is 2.17. The van der Waals surface area contributed by atoms with E-state index in [4.69, 9.17) is 0 Å². The quantitative estimate of drug-likeness (QED) is 0.347. The topological polar surface area (TPSA) is 72.7 Å². The van der Waals surface area contributed by atoms with E-state index in [-0.39, 0.29) is 11.7 Å². The Morgan fingerprint density at radius 1 is 1.00 bits per heavy atom. The molecule has 2 heterocycles. The molecule has 0 aliphatic heterocycles. The molecule has 1 N–H and O–H groups in total. The highest BCUT2D eigenvalue weighted by molar-refractivity contribution is 7.99. The zero-order valence-electron chi connectivity index (χ0n) is 18.6. The molecule has 1 unspecified atom stereocenters. The summed E-state index contributed by atoms with van der Waals surface area (Å²) < 4.78 is 2.04. The van der Waals surface area contributed by atoms with Crippen LogP contribution in [0.25, 0.3) is 11.4 Å². The monoisotopic (exact) mass is 457 g/mol. The molecule has 6 nitrogen and oxygen atoms in total. The van der Waals surface area contributed by atoms with E-state index in [9.17, 15) is 4.79 Å². The molecule has 0 saturated carbocycles. The average molecular weight is 458 g/mol. The first-order valence-electron chi connectivity index (χ1n) is 11.1. The summed E-state index contributed by atoms with van der Waals surface area (Å²) in [6.45, 7) is 3.39. The van der Waals surface area contributed by atoms with E-state index in [0.717, 1.165) is 23.4 Å². The molecule has 33 heavy (non-hydrogen) atoms. The van der Waals surface area contributed by atoms with Gasteiger partial charge in [0, 0.05) is 30.4 Å². The molecule has 1 atom stereocenters. The lowest BCUT2D eigenvalue weighted by Crippen LogP contribution is -2.29. The van der Waals surface area contributed by atoms with Gasteiger partial charge in [-0.15, -0.1) is 10.2 Å². The number of thioether (sulfide) groups is 1. The van der Waals surface area contributed by atoms with Crippen LogP contribution in [0.2, 0.25) is 0 Å². The van der Waals surface area contributed by atoms with E-state index in [1.54, 1.807) is 12.4 Å². The molecule has 2 aromatic carbocycles. The van der Waals surface area contributed by atoms with Gasteiger partial charge in [-0.1, -0.05) is 79.3 Å². The number of carbonyl (C=O) groups is 1. The van der Waals surface area contributed by atoms with Crippen molar-refractivity contribution in [3.63, 3.8) is 0 Å². The Hall–Kier alpha value is -3.45. The van der Waals surface area contributed by atoms with Gasteiger partial charge in [0.25, 0.3) is 0 Å². The molecule has 1 amide bonds. The van der Waals surface area contributed by atoms with Gasteiger partial charge in [-0.3, -0.25) is 14.3 Å². The largest absolute Gasteiger partial charge is 0.355 e. The smallest absolute Gasteiger partial charge is 0.230 e. The van der Waals surface area contributed by atoms with Crippen LogP contribution in [0.3, 0.4) is 0 Å². The Morgan fingerprint density at radius 2 is 1.76 bits per heavy atom. The number of nitrogens with one attached hydrogen (secondary N) is 1. The predicted octanol–water partition coefficient (Wildman–Crippen LogP) is 4.79. The van der Waals surface area contributed by atoms with Crippen molar-refractivity contribution >= 4 is 17.7 Å². The Labute approximate surface area is 198 Å². The van der Waals surface area contributed by atoms with Gasteiger partial charge in [-0.2, -0.15) is 0 Å². The minimum atomic E-state index is -0.00781. The van der Waals surface area contributed by atoms with Gasteiger partial charge >= 0.3 is 0 Å². The fraction of sp³-hybridized carbons (Fsp3) is 0.231. The van der Waals surface area contributed by atoms with Gasteiger partial charge in [0.15, 0.2) is 11.0 Å². The lowest BCUT2D eigenvalue weighted by atomic mass is 9.96. The van der Waals surface area contributed by atoms with Crippen LogP contribution in [-0.2, 0) is 11.3 Å². The van der Waals surface area contributed by atoms with Crippen molar-refractivity contribution in [2.75, 3.05) is 12.3 Å². The number of benzene rings is 2. The first kappa shape index (κ1) is 22.7. The molecule has 4 aromatic rings. The molecule has 7 heteroatoms. The Balaban J connectivity index is 1.44. The van der Waals surface area contributed by atoms with Gasteiger partial charge in [0.05, 0.1) is 12.3 Å². The summed E-state index contributed by atoms with van der Waals surface area (Å²) in [5, 5.41) is 12.6. The van der Waals surface area contributed by atoms with Crippen LogP contribution in [0.5, 0.6) is 0 Å².